The molecule has 0 saturated carbocycles. The lowest BCUT2D eigenvalue weighted by molar-refractivity contribution is -0.158. The predicted octanol–water partition coefficient (Wildman–Crippen LogP) is 2.95. The number of carbonyl (C=O) groups is 3. The molecule has 8 heteroatoms. The number of alkyl carbamates (subject to hydrolysis) is 1. The Hall–Kier alpha value is -2.61. The fourth-order valence-electron chi connectivity index (χ4n) is 2.53. The Balaban J connectivity index is 2.34. The van der Waals surface area contributed by atoms with Crippen molar-refractivity contribution in [3.05, 3.63) is 35.9 Å². The minimum absolute atomic E-state index is 0.0676. The number of carbonyl (C=O) groups excluding carboxylic acids is 3. The molecule has 1 rings (SSSR count). The molecule has 1 atom stereocenters. The van der Waals surface area contributed by atoms with E-state index in [9.17, 15) is 14.4 Å². The summed E-state index contributed by atoms with van der Waals surface area (Å²) < 4.78 is 15.4. The summed E-state index contributed by atoms with van der Waals surface area (Å²) >= 11 is 0. The monoisotopic (exact) mass is 422 g/mol. The van der Waals surface area contributed by atoms with Crippen molar-refractivity contribution >= 4 is 18.0 Å². The molecule has 0 aliphatic heterocycles. The number of esters is 2. The van der Waals surface area contributed by atoms with Crippen molar-refractivity contribution in [2.45, 2.75) is 65.2 Å². The first-order valence-electron chi connectivity index (χ1n) is 10.3. The first-order valence-corrected chi connectivity index (χ1v) is 10.3. The summed E-state index contributed by atoms with van der Waals surface area (Å²) in [7, 11) is 0. The molecule has 0 bridgehead atoms. The smallest absolute Gasteiger partial charge is 0.407 e. The number of nitrogens with one attached hydrogen (secondary N) is 2. The molecule has 0 fully saturated rings. The van der Waals surface area contributed by atoms with E-state index in [-0.39, 0.29) is 19.8 Å². The van der Waals surface area contributed by atoms with Gasteiger partial charge in [0.1, 0.15) is 18.2 Å². The number of rotatable bonds is 12. The summed E-state index contributed by atoms with van der Waals surface area (Å²) in [5.74, 6) is -0.837. The van der Waals surface area contributed by atoms with Crippen LogP contribution in [0.4, 0.5) is 4.79 Å². The van der Waals surface area contributed by atoms with Crippen molar-refractivity contribution in [2.75, 3.05) is 19.7 Å². The maximum atomic E-state index is 12.4. The average Bonchev–Trinajstić information content (AvgIpc) is 2.68. The molecule has 30 heavy (non-hydrogen) atoms. The van der Waals surface area contributed by atoms with E-state index in [0.29, 0.717) is 25.8 Å². The van der Waals surface area contributed by atoms with Gasteiger partial charge in [0.2, 0.25) is 0 Å². The van der Waals surface area contributed by atoms with Crippen LogP contribution in [0.3, 0.4) is 0 Å². The van der Waals surface area contributed by atoms with Crippen molar-refractivity contribution in [3.8, 4) is 0 Å². The summed E-state index contributed by atoms with van der Waals surface area (Å²) in [6, 6.07) is 8.80. The standard InChI is InChI=1S/C22H34N2O6/c1-5-28-19(25)15-24-18(20(26)30-22(2,3)4)13-9-10-14-23-21(27)29-16-17-11-7-6-8-12-17/h6-8,11-12,18,24H,5,9-10,13-16H2,1-4H3,(H,23,27)/t18-/m0/s1. The summed E-state index contributed by atoms with van der Waals surface area (Å²) in [5.41, 5.74) is 0.297. The topological polar surface area (TPSA) is 103 Å². The summed E-state index contributed by atoms with van der Waals surface area (Å²) in [5, 5.41) is 5.59. The van der Waals surface area contributed by atoms with Gasteiger partial charge in [0, 0.05) is 6.54 Å². The van der Waals surface area contributed by atoms with Gasteiger partial charge in [-0.2, -0.15) is 0 Å². The third-order valence-corrected chi connectivity index (χ3v) is 3.89. The highest BCUT2D eigenvalue weighted by molar-refractivity contribution is 5.78. The Morgan fingerprint density at radius 1 is 1.03 bits per heavy atom. The number of hydrogen-bond donors (Lipinski definition) is 2. The van der Waals surface area contributed by atoms with Crippen LogP contribution < -0.4 is 10.6 Å². The quantitative estimate of drug-likeness (QED) is 0.303. The molecule has 0 aliphatic rings. The fourth-order valence-corrected chi connectivity index (χ4v) is 2.53. The van der Waals surface area contributed by atoms with Gasteiger partial charge >= 0.3 is 18.0 Å². The van der Waals surface area contributed by atoms with Crippen LogP contribution in [0.2, 0.25) is 0 Å². The molecule has 1 aromatic rings. The minimum atomic E-state index is -0.626. The van der Waals surface area contributed by atoms with Gasteiger partial charge in [-0.15, -0.1) is 0 Å². The van der Waals surface area contributed by atoms with Crippen molar-refractivity contribution < 1.29 is 28.6 Å². The number of unbranched alkanes of at least 4 members (excludes halogenated alkanes) is 1. The molecule has 2 N–H and O–H groups in total. The second kappa shape index (κ2) is 13.6. The lowest BCUT2D eigenvalue weighted by atomic mass is 10.1. The largest absolute Gasteiger partial charge is 0.465 e. The van der Waals surface area contributed by atoms with E-state index < -0.39 is 29.7 Å². The molecule has 0 heterocycles. The van der Waals surface area contributed by atoms with Crippen LogP contribution in [-0.2, 0) is 30.4 Å². The Morgan fingerprint density at radius 2 is 1.73 bits per heavy atom. The van der Waals surface area contributed by atoms with E-state index in [0.717, 1.165) is 5.56 Å². The highest BCUT2D eigenvalue weighted by Crippen LogP contribution is 2.11. The van der Waals surface area contributed by atoms with E-state index >= 15 is 0 Å². The second-order valence-corrected chi connectivity index (χ2v) is 7.76. The van der Waals surface area contributed by atoms with Gasteiger partial charge in [-0.05, 0) is 52.5 Å². The third-order valence-electron chi connectivity index (χ3n) is 3.89. The van der Waals surface area contributed by atoms with E-state index in [1.54, 1.807) is 27.7 Å². The fraction of sp³-hybridized carbons (Fsp3) is 0.591. The van der Waals surface area contributed by atoms with Crippen molar-refractivity contribution in [1.29, 1.82) is 0 Å². The van der Waals surface area contributed by atoms with Crippen LogP contribution in [0.15, 0.2) is 30.3 Å². The van der Waals surface area contributed by atoms with E-state index in [2.05, 4.69) is 10.6 Å². The van der Waals surface area contributed by atoms with Crippen LogP contribution >= 0.6 is 0 Å². The van der Waals surface area contributed by atoms with Crippen LogP contribution in [0.25, 0.3) is 0 Å². The predicted molar refractivity (Wildman–Crippen MR) is 113 cm³/mol. The average molecular weight is 423 g/mol. The lowest BCUT2D eigenvalue weighted by Crippen LogP contribution is -2.43. The normalized spacial score (nSPS) is 12.0. The Kier molecular flexibility index (Phi) is 11.5. The van der Waals surface area contributed by atoms with E-state index in [4.69, 9.17) is 14.2 Å². The Bertz CT molecular complexity index is 657. The summed E-state index contributed by atoms with van der Waals surface area (Å²) in [6.07, 6.45) is 1.29. The van der Waals surface area contributed by atoms with Gasteiger partial charge in [-0.1, -0.05) is 30.3 Å². The Labute approximate surface area is 178 Å². The van der Waals surface area contributed by atoms with Gasteiger partial charge in [0.25, 0.3) is 0 Å². The number of hydrogen-bond acceptors (Lipinski definition) is 7. The van der Waals surface area contributed by atoms with Gasteiger partial charge in [-0.3, -0.25) is 14.9 Å². The summed E-state index contributed by atoms with van der Waals surface area (Å²) in [4.78, 5) is 35.7. The summed E-state index contributed by atoms with van der Waals surface area (Å²) in [6.45, 7) is 7.94. The van der Waals surface area contributed by atoms with Crippen molar-refractivity contribution in [3.63, 3.8) is 0 Å². The molecule has 0 unspecified atom stereocenters. The minimum Gasteiger partial charge on any atom is -0.465 e. The molecule has 1 amide bonds. The maximum Gasteiger partial charge on any atom is 0.407 e. The molecule has 0 spiro atoms. The van der Waals surface area contributed by atoms with Gasteiger partial charge in [0.05, 0.1) is 13.2 Å². The first-order chi connectivity index (χ1) is 14.2. The van der Waals surface area contributed by atoms with Crippen molar-refractivity contribution in [2.24, 2.45) is 0 Å². The van der Waals surface area contributed by atoms with Crippen molar-refractivity contribution in [1.82, 2.24) is 10.6 Å². The number of ether oxygens (including phenoxy) is 3. The molecule has 168 valence electrons. The number of amides is 1. The van der Waals surface area contributed by atoms with E-state index in [1.165, 1.54) is 0 Å². The van der Waals surface area contributed by atoms with Gasteiger partial charge < -0.3 is 19.5 Å². The van der Waals surface area contributed by atoms with Gasteiger partial charge in [0.15, 0.2) is 0 Å². The van der Waals surface area contributed by atoms with Crippen LogP contribution in [0.1, 0.15) is 52.5 Å². The highest BCUT2D eigenvalue weighted by Gasteiger charge is 2.25. The second-order valence-electron chi connectivity index (χ2n) is 7.76. The molecule has 1 aromatic carbocycles. The SMILES string of the molecule is CCOC(=O)CN[C@@H](CCCCNC(=O)OCc1ccccc1)C(=O)OC(C)(C)C. The first kappa shape index (κ1) is 25.4. The van der Waals surface area contributed by atoms with Crippen LogP contribution in [0.5, 0.6) is 0 Å². The third kappa shape index (κ3) is 12.1. The maximum absolute atomic E-state index is 12.4. The Morgan fingerprint density at radius 3 is 2.37 bits per heavy atom. The molecular formula is C22H34N2O6. The molecule has 0 aromatic heterocycles. The molecular weight excluding hydrogens is 388 g/mol. The van der Waals surface area contributed by atoms with Crippen LogP contribution in [0, 0.1) is 0 Å². The molecule has 0 saturated heterocycles. The lowest BCUT2D eigenvalue weighted by Gasteiger charge is -2.24. The molecule has 8 nitrogen and oxygen atoms in total. The van der Waals surface area contributed by atoms with Crippen LogP contribution in [-0.4, -0.2) is 49.4 Å². The number of benzene rings is 1. The van der Waals surface area contributed by atoms with E-state index in [1.807, 2.05) is 30.3 Å². The van der Waals surface area contributed by atoms with Gasteiger partial charge in [-0.25, -0.2) is 4.79 Å². The zero-order valence-electron chi connectivity index (χ0n) is 18.4. The molecule has 0 radical (unpaired) electrons. The zero-order chi connectivity index (χ0) is 22.4. The highest BCUT2D eigenvalue weighted by atomic mass is 16.6. The zero-order valence-corrected chi connectivity index (χ0v) is 18.4. The molecule has 0 aliphatic carbocycles.